The zero-order valence-electron chi connectivity index (χ0n) is 8.77. The standard InChI is InChI=1S/C12H11BrN2O/c1-8-5-12(15-7-11(8)13)16-10-4-2-3-9(14)6-10/h2-7H,14H2,1H3. The van der Waals surface area contributed by atoms with E-state index in [1.165, 1.54) is 0 Å². The number of nitrogens with two attached hydrogens (primary N) is 1. The van der Waals surface area contributed by atoms with Crippen molar-refractivity contribution in [1.29, 1.82) is 0 Å². The van der Waals surface area contributed by atoms with Gasteiger partial charge in [0.25, 0.3) is 0 Å². The van der Waals surface area contributed by atoms with E-state index < -0.39 is 0 Å². The lowest BCUT2D eigenvalue weighted by Crippen LogP contribution is -1.90. The molecule has 0 bridgehead atoms. The van der Waals surface area contributed by atoms with Crippen LogP contribution in [-0.4, -0.2) is 4.98 Å². The van der Waals surface area contributed by atoms with Crippen molar-refractivity contribution in [3.05, 3.63) is 46.6 Å². The van der Waals surface area contributed by atoms with E-state index >= 15 is 0 Å². The van der Waals surface area contributed by atoms with Crippen LogP contribution in [0, 0.1) is 6.92 Å². The summed E-state index contributed by atoms with van der Waals surface area (Å²) in [5.41, 5.74) is 7.41. The molecule has 1 aromatic heterocycles. The van der Waals surface area contributed by atoms with E-state index in [4.69, 9.17) is 10.5 Å². The van der Waals surface area contributed by atoms with E-state index in [-0.39, 0.29) is 0 Å². The summed E-state index contributed by atoms with van der Waals surface area (Å²) < 4.78 is 6.55. The van der Waals surface area contributed by atoms with Gasteiger partial charge < -0.3 is 10.5 Å². The maximum absolute atomic E-state index is 5.66. The molecular formula is C12H11BrN2O. The van der Waals surface area contributed by atoms with E-state index in [0.717, 1.165) is 10.0 Å². The average Bonchev–Trinajstić information content (AvgIpc) is 2.24. The number of aryl methyl sites for hydroxylation is 1. The van der Waals surface area contributed by atoms with Crippen LogP contribution in [0.25, 0.3) is 0 Å². The lowest BCUT2D eigenvalue weighted by atomic mass is 10.3. The van der Waals surface area contributed by atoms with Crippen molar-refractivity contribution in [2.24, 2.45) is 0 Å². The van der Waals surface area contributed by atoms with Gasteiger partial charge in [-0.2, -0.15) is 0 Å². The third-order valence-electron chi connectivity index (χ3n) is 2.10. The summed E-state index contributed by atoms with van der Waals surface area (Å²) in [5.74, 6) is 1.25. The molecule has 16 heavy (non-hydrogen) atoms. The van der Waals surface area contributed by atoms with Gasteiger partial charge in [0.15, 0.2) is 0 Å². The van der Waals surface area contributed by atoms with E-state index in [9.17, 15) is 0 Å². The SMILES string of the molecule is Cc1cc(Oc2cccc(N)c2)ncc1Br. The van der Waals surface area contributed by atoms with Gasteiger partial charge in [-0.25, -0.2) is 4.98 Å². The number of aromatic nitrogens is 1. The smallest absolute Gasteiger partial charge is 0.219 e. The van der Waals surface area contributed by atoms with E-state index in [1.54, 1.807) is 12.3 Å². The molecule has 0 aliphatic carbocycles. The Morgan fingerprint density at radius 1 is 1.31 bits per heavy atom. The Bertz CT molecular complexity index is 514. The Morgan fingerprint density at radius 3 is 2.81 bits per heavy atom. The summed E-state index contributed by atoms with van der Waals surface area (Å²) in [6, 6.07) is 9.13. The first kappa shape index (κ1) is 11.0. The molecule has 3 nitrogen and oxygen atoms in total. The van der Waals surface area contributed by atoms with Crippen molar-refractivity contribution in [1.82, 2.24) is 4.98 Å². The second kappa shape index (κ2) is 4.53. The zero-order valence-corrected chi connectivity index (χ0v) is 10.4. The Hall–Kier alpha value is -1.55. The minimum Gasteiger partial charge on any atom is -0.439 e. The maximum atomic E-state index is 5.66. The molecule has 4 heteroatoms. The quantitative estimate of drug-likeness (QED) is 0.855. The van der Waals surface area contributed by atoms with Gasteiger partial charge >= 0.3 is 0 Å². The minimum absolute atomic E-state index is 0.561. The summed E-state index contributed by atoms with van der Waals surface area (Å²) in [6.45, 7) is 1.98. The topological polar surface area (TPSA) is 48.1 Å². The lowest BCUT2D eigenvalue weighted by Gasteiger charge is -2.06. The summed E-state index contributed by atoms with van der Waals surface area (Å²) in [4.78, 5) is 4.15. The second-order valence-electron chi connectivity index (χ2n) is 3.45. The number of nitrogens with zero attached hydrogens (tertiary/aromatic N) is 1. The van der Waals surface area contributed by atoms with Gasteiger partial charge in [-0.05, 0) is 40.5 Å². The predicted molar refractivity (Wildman–Crippen MR) is 67.6 cm³/mol. The number of hydrogen-bond donors (Lipinski definition) is 1. The summed E-state index contributed by atoms with van der Waals surface area (Å²) in [6.07, 6.45) is 1.72. The van der Waals surface area contributed by atoms with E-state index in [2.05, 4.69) is 20.9 Å². The van der Waals surface area contributed by atoms with Crippen LogP contribution in [0.5, 0.6) is 11.6 Å². The van der Waals surface area contributed by atoms with Crippen LogP contribution in [0.15, 0.2) is 41.0 Å². The van der Waals surface area contributed by atoms with Gasteiger partial charge in [-0.15, -0.1) is 0 Å². The highest BCUT2D eigenvalue weighted by Crippen LogP contribution is 2.24. The molecule has 0 fully saturated rings. The van der Waals surface area contributed by atoms with Crippen molar-refractivity contribution in [2.45, 2.75) is 6.92 Å². The van der Waals surface area contributed by atoms with Crippen molar-refractivity contribution < 1.29 is 4.74 Å². The van der Waals surface area contributed by atoms with Crippen LogP contribution < -0.4 is 10.5 Å². The predicted octanol–water partition coefficient (Wildman–Crippen LogP) is 3.53. The fourth-order valence-corrected chi connectivity index (χ4v) is 1.48. The first-order valence-corrected chi connectivity index (χ1v) is 5.60. The molecule has 1 aromatic carbocycles. The molecule has 0 saturated carbocycles. The highest BCUT2D eigenvalue weighted by molar-refractivity contribution is 9.10. The van der Waals surface area contributed by atoms with Crippen LogP contribution >= 0.6 is 15.9 Å². The van der Waals surface area contributed by atoms with Crippen molar-refractivity contribution in [2.75, 3.05) is 5.73 Å². The first-order valence-electron chi connectivity index (χ1n) is 4.81. The summed E-state index contributed by atoms with van der Waals surface area (Å²) >= 11 is 3.39. The maximum Gasteiger partial charge on any atom is 0.219 e. The summed E-state index contributed by atoms with van der Waals surface area (Å²) in [7, 11) is 0. The molecule has 0 unspecified atom stereocenters. The molecule has 1 heterocycles. The number of nitrogen functional groups attached to an aromatic ring is 1. The van der Waals surface area contributed by atoms with Crippen LogP contribution in [0.4, 0.5) is 5.69 Å². The van der Waals surface area contributed by atoms with Crippen molar-refractivity contribution in [3.8, 4) is 11.6 Å². The third-order valence-corrected chi connectivity index (χ3v) is 2.93. The molecule has 0 aliphatic rings. The number of rotatable bonds is 2. The molecule has 2 rings (SSSR count). The number of pyridine rings is 1. The van der Waals surface area contributed by atoms with E-state index in [1.807, 2.05) is 31.2 Å². The van der Waals surface area contributed by atoms with Crippen molar-refractivity contribution >= 4 is 21.6 Å². The van der Waals surface area contributed by atoms with Crippen LogP contribution in [-0.2, 0) is 0 Å². The van der Waals surface area contributed by atoms with Gasteiger partial charge in [-0.1, -0.05) is 6.07 Å². The number of halogens is 1. The Morgan fingerprint density at radius 2 is 2.12 bits per heavy atom. The molecule has 0 aliphatic heterocycles. The molecule has 2 N–H and O–H groups in total. The largest absolute Gasteiger partial charge is 0.439 e. The Balaban J connectivity index is 2.24. The number of ether oxygens (including phenoxy) is 1. The molecule has 0 amide bonds. The number of anilines is 1. The van der Waals surface area contributed by atoms with Gasteiger partial charge in [0.2, 0.25) is 5.88 Å². The number of hydrogen-bond acceptors (Lipinski definition) is 3. The number of benzene rings is 1. The highest BCUT2D eigenvalue weighted by atomic mass is 79.9. The molecule has 0 saturated heterocycles. The van der Waals surface area contributed by atoms with Crippen molar-refractivity contribution in [3.63, 3.8) is 0 Å². The van der Waals surface area contributed by atoms with Crippen LogP contribution in [0.1, 0.15) is 5.56 Å². The van der Waals surface area contributed by atoms with E-state index in [0.29, 0.717) is 17.3 Å². The van der Waals surface area contributed by atoms with Crippen LogP contribution in [0.2, 0.25) is 0 Å². The third kappa shape index (κ3) is 2.52. The Labute approximate surface area is 102 Å². The highest BCUT2D eigenvalue weighted by Gasteiger charge is 2.01. The first-order chi connectivity index (χ1) is 7.65. The van der Waals surface area contributed by atoms with Gasteiger partial charge in [0.1, 0.15) is 5.75 Å². The molecule has 2 aromatic rings. The molecule has 0 atom stereocenters. The Kier molecular flexibility index (Phi) is 3.10. The lowest BCUT2D eigenvalue weighted by molar-refractivity contribution is 0.462. The molecule has 0 radical (unpaired) electrons. The summed E-state index contributed by atoms with van der Waals surface area (Å²) in [5, 5.41) is 0. The fourth-order valence-electron chi connectivity index (χ4n) is 1.27. The average molecular weight is 279 g/mol. The normalized spacial score (nSPS) is 10.1. The fraction of sp³-hybridized carbons (Fsp3) is 0.0833. The molecule has 0 spiro atoms. The van der Waals surface area contributed by atoms with Gasteiger partial charge in [0.05, 0.1) is 0 Å². The second-order valence-corrected chi connectivity index (χ2v) is 4.30. The zero-order chi connectivity index (χ0) is 11.5. The van der Waals surface area contributed by atoms with Crippen LogP contribution in [0.3, 0.4) is 0 Å². The molecule has 82 valence electrons. The monoisotopic (exact) mass is 278 g/mol. The van der Waals surface area contributed by atoms with Gasteiger partial charge in [0, 0.05) is 28.5 Å². The van der Waals surface area contributed by atoms with Gasteiger partial charge in [-0.3, -0.25) is 0 Å². The minimum atomic E-state index is 0.561. The molecular weight excluding hydrogens is 268 g/mol.